The minimum absolute atomic E-state index is 0.0469. The fourth-order valence-corrected chi connectivity index (χ4v) is 3.13. The number of hydrogen-bond donors (Lipinski definition) is 2. The van der Waals surface area contributed by atoms with Crippen molar-refractivity contribution in [3.05, 3.63) is 18.0 Å². The zero-order chi connectivity index (χ0) is 13.3. The van der Waals surface area contributed by atoms with E-state index in [-0.39, 0.29) is 16.6 Å². The normalized spacial score (nSPS) is 20.2. The van der Waals surface area contributed by atoms with Crippen molar-refractivity contribution in [3.8, 4) is 0 Å². The first-order valence-corrected chi connectivity index (χ1v) is 6.88. The van der Waals surface area contributed by atoms with Crippen LogP contribution in [0, 0.1) is 0 Å². The van der Waals surface area contributed by atoms with Gasteiger partial charge in [-0.2, -0.15) is 0 Å². The quantitative estimate of drug-likeness (QED) is 0.791. The summed E-state index contributed by atoms with van der Waals surface area (Å²) in [6, 6.07) is 0.893. The minimum atomic E-state index is -3.69. The second kappa shape index (κ2) is 4.71. The maximum atomic E-state index is 12.0. The van der Waals surface area contributed by atoms with Crippen LogP contribution in [0.3, 0.4) is 0 Å². The van der Waals surface area contributed by atoms with Gasteiger partial charge in [0.05, 0.1) is 6.61 Å². The average molecular weight is 274 g/mol. The minimum Gasteiger partial charge on any atom is -0.477 e. The van der Waals surface area contributed by atoms with Gasteiger partial charge in [0.2, 0.25) is 10.0 Å². The Morgan fingerprint density at radius 2 is 2.33 bits per heavy atom. The van der Waals surface area contributed by atoms with Gasteiger partial charge in [-0.25, -0.2) is 17.9 Å². The average Bonchev–Trinajstić information content (AvgIpc) is 2.86. The summed E-state index contributed by atoms with van der Waals surface area (Å²) >= 11 is 0. The zero-order valence-electron chi connectivity index (χ0n) is 9.79. The lowest BCUT2D eigenvalue weighted by Crippen LogP contribution is -2.34. The van der Waals surface area contributed by atoms with Crippen LogP contribution in [0.2, 0.25) is 0 Å². The second-order valence-electron chi connectivity index (χ2n) is 4.16. The fourth-order valence-electron chi connectivity index (χ4n) is 1.81. The molecule has 8 heteroatoms. The molecule has 1 fully saturated rings. The number of rotatable bonds is 4. The number of carboxylic acid groups (broad SMARTS) is 1. The van der Waals surface area contributed by atoms with Crippen LogP contribution in [0.5, 0.6) is 0 Å². The van der Waals surface area contributed by atoms with Gasteiger partial charge >= 0.3 is 5.97 Å². The maximum absolute atomic E-state index is 12.0. The van der Waals surface area contributed by atoms with E-state index in [9.17, 15) is 13.2 Å². The third kappa shape index (κ3) is 2.55. The van der Waals surface area contributed by atoms with Crippen LogP contribution in [0.25, 0.3) is 0 Å². The SMILES string of the molecule is Cn1cc(S(=O)(=O)NC2CCOC2)cc1C(=O)O. The van der Waals surface area contributed by atoms with Crippen LogP contribution < -0.4 is 4.72 Å². The molecular weight excluding hydrogens is 260 g/mol. The Kier molecular flexibility index (Phi) is 3.42. The lowest BCUT2D eigenvalue weighted by molar-refractivity contribution is 0.0686. The molecule has 2 heterocycles. The van der Waals surface area contributed by atoms with Crippen LogP contribution >= 0.6 is 0 Å². The van der Waals surface area contributed by atoms with Gasteiger partial charge in [-0.1, -0.05) is 0 Å². The lowest BCUT2D eigenvalue weighted by Gasteiger charge is -2.09. The van der Waals surface area contributed by atoms with Crippen molar-refractivity contribution in [2.45, 2.75) is 17.4 Å². The molecule has 0 bridgehead atoms. The molecule has 0 aliphatic carbocycles. The first kappa shape index (κ1) is 13.1. The predicted octanol–water partition coefficient (Wildman–Crippen LogP) is -0.210. The molecule has 0 saturated carbocycles. The highest BCUT2D eigenvalue weighted by molar-refractivity contribution is 7.89. The number of hydrogen-bond acceptors (Lipinski definition) is 4. The van der Waals surface area contributed by atoms with Crippen LogP contribution in [0.1, 0.15) is 16.9 Å². The summed E-state index contributed by atoms with van der Waals surface area (Å²) in [7, 11) is -2.21. The molecule has 100 valence electrons. The molecule has 0 amide bonds. The van der Waals surface area contributed by atoms with Crippen LogP contribution in [0.4, 0.5) is 0 Å². The third-order valence-corrected chi connectivity index (χ3v) is 4.25. The summed E-state index contributed by atoms with van der Waals surface area (Å²) in [5.74, 6) is -1.16. The number of carboxylic acids is 1. The van der Waals surface area contributed by atoms with Crippen molar-refractivity contribution in [1.82, 2.24) is 9.29 Å². The highest BCUT2D eigenvalue weighted by Crippen LogP contribution is 2.15. The monoisotopic (exact) mass is 274 g/mol. The summed E-state index contributed by atoms with van der Waals surface area (Å²) in [4.78, 5) is 10.8. The van der Waals surface area contributed by atoms with Crippen LogP contribution in [-0.4, -0.2) is 43.3 Å². The molecule has 0 spiro atoms. The van der Waals surface area contributed by atoms with Gasteiger partial charge < -0.3 is 14.4 Å². The number of nitrogens with one attached hydrogen (secondary N) is 1. The molecule has 2 N–H and O–H groups in total. The maximum Gasteiger partial charge on any atom is 0.352 e. The summed E-state index contributed by atoms with van der Waals surface area (Å²) in [6.07, 6.45) is 1.90. The zero-order valence-corrected chi connectivity index (χ0v) is 10.6. The second-order valence-corrected chi connectivity index (χ2v) is 5.87. The largest absolute Gasteiger partial charge is 0.477 e. The molecule has 1 aliphatic rings. The van der Waals surface area contributed by atoms with Crippen molar-refractivity contribution in [2.24, 2.45) is 7.05 Å². The highest BCUT2D eigenvalue weighted by Gasteiger charge is 2.25. The van der Waals surface area contributed by atoms with E-state index in [4.69, 9.17) is 9.84 Å². The van der Waals surface area contributed by atoms with Gasteiger partial charge in [-0.15, -0.1) is 0 Å². The van der Waals surface area contributed by atoms with E-state index in [2.05, 4.69) is 4.72 Å². The molecule has 1 aromatic heterocycles. The van der Waals surface area contributed by atoms with Gasteiger partial charge in [0.15, 0.2) is 0 Å². The molecule has 1 aliphatic heterocycles. The van der Waals surface area contributed by atoms with Crippen molar-refractivity contribution in [3.63, 3.8) is 0 Å². The van der Waals surface area contributed by atoms with Crippen molar-refractivity contribution >= 4 is 16.0 Å². The standard InChI is InChI=1S/C10H14N2O5S/c1-12-5-8(4-9(12)10(13)14)18(15,16)11-7-2-3-17-6-7/h4-5,7,11H,2-3,6H2,1H3,(H,13,14). The lowest BCUT2D eigenvalue weighted by atomic mass is 10.3. The van der Waals surface area contributed by atoms with Crippen LogP contribution in [0.15, 0.2) is 17.2 Å². The Labute approximate surface area is 104 Å². The molecule has 0 radical (unpaired) electrons. The van der Waals surface area contributed by atoms with Crippen molar-refractivity contribution in [1.29, 1.82) is 0 Å². The summed E-state index contributed by atoms with van der Waals surface area (Å²) in [6.45, 7) is 0.875. The summed E-state index contributed by atoms with van der Waals surface area (Å²) < 4.78 is 32.8. The van der Waals surface area contributed by atoms with Crippen LogP contribution in [-0.2, 0) is 21.8 Å². The third-order valence-electron chi connectivity index (χ3n) is 2.76. The summed E-state index contributed by atoms with van der Waals surface area (Å²) in [5, 5.41) is 8.87. The number of aromatic nitrogens is 1. The van der Waals surface area contributed by atoms with Crippen molar-refractivity contribution < 1.29 is 23.1 Å². The molecule has 1 unspecified atom stereocenters. The first-order chi connectivity index (χ1) is 8.40. The molecule has 0 aromatic carbocycles. The van der Waals surface area contributed by atoms with E-state index in [0.717, 1.165) is 6.07 Å². The Morgan fingerprint density at radius 1 is 1.61 bits per heavy atom. The number of aryl methyl sites for hydroxylation is 1. The molecule has 1 aromatic rings. The topological polar surface area (TPSA) is 97.6 Å². The Morgan fingerprint density at radius 3 is 2.83 bits per heavy atom. The van der Waals surface area contributed by atoms with E-state index in [1.54, 1.807) is 0 Å². The molecule has 7 nitrogen and oxygen atoms in total. The molecule has 2 rings (SSSR count). The molecule has 1 saturated heterocycles. The number of carbonyl (C=O) groups is 1. The van der Waals surface area contributed by atoms with Gasteiger partial charge in [-0.3, -0.25) is 0 Å². The predicted molar refractivity (Wildman–Crippen MR) is 61.9 cm³/mol. The van der Waals surface area contributed by atoms with E-state index >= 15 is 0 Å². The van der Waals surface area contributed by atoms with Crippen molar-refractivity contribution in [2.75, 3.05) is 13.2 Å². The molecule has 1 atom stereocenters. The Hall–Kier alpha value is -1.38. The number of aromatic carboxylic acids is 1. The molecular formula is C10H14N2O5S. The Bertz CT molecular complexity index is 557. The number of ether oxygens (including phenoxy) is 1. The van der Waals surface area contributed by atoms with Gasteiger partial charge in [-0.05, 0) is 12.5 Å². The smallest absolute Gasteiger partial charge is 0.352 e. The molecule has 18 heavy (non-hydrogen) atoms. The first-order valence-electron chi connectivity index (χ1n) is 5.40. The van der Waals surface area contributed by atoms with Gasteiger partial charge in [0, 0.05) is 25.9 Å². The number of nitrogens with zero attached hydrogens (tertiary/aromatic N) is 1. The van der Waals surface area contributed by atoms with E-state index in [0.29, 0.717) is 19.6 Å². The summed E-state index contributed by atoms with van der Waals surface area (Å²) in [5.41, 5.74) is -0.0713. The van der Waals surface area contributed by atoms with E-state index < -0.39 is 16.0 Å². The fraction of sp³-hybridized carbons (Fsp3) is 0.500. The van der Waals surface area contributed by atoms with Gasteiger partial charge in [0.25, 0.3) is 0 Å². The highest BCUT2D eigenvalue weighted by atomic mass is 32.2. The van der Waals surface area contributed by atoms with Gasteiger partial charge in [0.1, 0.15) is 10.6 Å². The number of sulfonamides is 1. The van der Waals surface area contributed by atoms with E-state index in [1.165, 1.54) is 17.8 Å². The van der Waals surface area contributed by atoms with E-state index in [1.807, 2.05) is 0 Å². The Balaban J connectivity index is 2.24.